The van der Waals surface area contributed by atoms with Gasteiger partial charge in [-0.3, -0.25) is 0 Å². The van der Waals surface area contributed by atoms with Crippen molar-refractivity contribution in [3.05, 3.63) is 0 Å². The van der Waals surface area contributed by atoms with Crippen molar-refractivity contribution >= 4 is 5.97 Å². The van der Waals surface area contributed by atoms with Crippen LogP contribution < -0.4 is 5.73 Å². The topological polar surface area (TPSA) is 53.9 Å². The van der Waals surface area contributed by atoms with Gasteiger partial charge in [0.15, 0.2) is 0 Å². The average molecular weight is 128 g/mol. The molecule has 0 heterocycles. The van der Waals surface area contributed by atoms with E-state index < -0.39 is 6.04 Å². The molecule has 1 atom stereocenters. The van der Waals surface area contributed by atoms with Crippen LogP contribution in [0.1, 0.15) is 6.92 Å². The van der Waals surface area contributed by atoms with E-state index in [0.717, 1.165) is 0 Å². The third kappa shape index (κ3) is 2.73. The summed E-state index contributed by atoms with van der Waals surface area (Å²) in [5.74, 6) is 4.74. The van der Waals surface area contributed by atoms with E-state index >= 15 is 0 Å². The van der Waals surface area contributed by atoms with Crippen molar-refractivity contribution in [3.8, 4) is 11.8 Å². The summed E-state index contributed by atoms with van der Waals surface area (Å²) in [6, 6.07) is -0.542. The fourth-order valence-electron chi connectivity index (χ4n) is 0.375. The Balaban J connectivity index is 3.82. The number of hydrogen-bond acceptors (Lipinski definition) is 2. The van der Waals surface area contributed by atoms with Gasteiger partial charge in [-0.2, -0.15) is 0 Å². The quantitative estimate of drug-likeness (QED) is 0.356. The lowest BCUT2D eigenvalue weighted by Gasteiger charge is -1.95. The molecule has 0 aliphatic rings. The Hall–Kier alpha value is -1.01. The molecular weight excluding hydrogens is 118 g/mol. The van der Waals surface area contributed by atoms with Crippen LogP contribution in [-0.4, -0.2) is 19.1 Å². The zero-order valence-corrected chi connectivity index (χ0v) is 5.60. The highest BCUT2D eigenvalue weighted by atomic mass is 16.5. The van der Waals surface area contributed by atoms with Gasteiger partial charge in [0.25, 0.3) is 0 Å². The molecular formula is C6H10NO2+. The summed E-state index contributed by atoms with van der Waals surface area (Å²) < 4.78 is 4.36. The van der Waals surface area contributed by atoms with Gasteiger partial charge >= 0.3 is 5.97 Å². The number of carbonyl (C=O) groups excluding carboxylic acids is 1. The van der Waals surface area contributed by atoms with Crippen molar-refractivity contribution in [2.75, 3.05) is 7.11 Å². The molecule has 0 radical (unpaired) electrons. The molecule has 0 bridgehead atoms. The Morgan fingerprint density at radius 1 is 1.78 bits per heavy atom. The second-order valence-corrected chi connectivity index (χ2v) is 1.47. The fourth-order valence-corrected chi connectivity index (χ4v) is 0.375. The molecule has 0 fully saturated rings. The number of hydrogen-bond donors (Lipinski definition) is 1. The van der Waals surface area contributed by atoms with E-state index in [1.165, 1.54) is 7.11 Å². The summed E-state index contributed by atoms with van der Waals surface area (Å²) in [6.07, 6.45) is 0. The summed E-state index contributed by atoms with van der Waals surface area (Å²) in [4.78, 5) is 10.5. The summed E-state index contributed by atoms with van der Waals surface area (Å²) in [5, 5.41) is 0. The number of esters is 1. The lowest BCUT2D eigenvalue weighted by Crippen LogP contribution is -2.64. The standard InChI is InChI=1S/C6H9NO2/c1-3-4-5(7)6(8)9-2/h5H,7H2,1-2H3/p+1. The molecule has 1 unspecified atom stereocenters. The molecule has 0 spiro atoms. The molecule has 9 heavy (non-hydrogen) atoms. The minimum Gasteiger partial charge on any atom is -0.464 e. The second-order valence-electron chi connectivity index (χ2n) is 1.47. The molecule has 3 N–H and O–H groups in total. The second kappa shape index (κ2) is 3.93. The molecule has 0 aliphatic carbocycles. The first-order valence-electron chi connectivity index (χ1n) is 2.55. The van der Waals surface area contributed by atoms with Crippen molar-refractivity contribution in [1.82, 2.24) is 0 Å². The lowest BCUT2D eigenvalue weighted by molar-refractivity contribution is -0.389. The number of rotatable bonds is 1. The molecule has 0 saturated heterocycles. The van der Waals surface area contributed by atoms with E-state index in [2.05, 4.69) is 22.3 Å². The maximum Gasteiger partial charge on any atom is 0.377 e. The van der Waals surface area contributed by atoms with E-state index in [-0.39, 0.29) is 5.97 Å². The van der Waals surface area contributed by atoms with Crippen LogP contribution in [0.2, 0.25) is 0 Å². The van der Waals surface area contributed by atoms with E-state index in [1.807, 2.05) is 0 Å². The van der Waals surface area contributed by atoms with E-state index in [4.69, 9.17) is 0 Å². The Kier molecular flexibility index (Phi) is 3.49. The lowest BCUT2D eigenvalue weighted by atomic mass is 10.3. The predicted octanol–water partition coefficient (Wildman–Crippen LogP) is -1.21. The highest BCUT2D eigenvalue weighted by Crippen LogP contribution is 1.76. The van der Waals surface area contributed by atoms with Crippen LogP contribution >= 0.6 is 0 Å². The Morgan fingerprint density at radius 3 is 2.67 bits per heavy atom. The Labute approximate surface area is 54.2 Å². The smallest absolute Gasteiger partial charge is 0.377 e. The Bertz CT molecular complexity index is 154. The zero-order chi connectivity index (χ0) is 7.28. The van der Waals surface area contributed by atoms with E-state index in [1.54, 1.807) is 6.92 Å². The van der Waals surface area contributed by atoms with Gasteiger partial charge in [0.2, 0.25) is 6.04 Å². The monoisotopic (exact) mass is 128 g/mol. The van der Waals surface area contributed by atoms with Gasteiger partial charge in [-0.25, -0.2) is 4.79 Å². The zero-order valence-electron chi connectivity index (χ0n) is 5.60. The van der Waals surface area contributed by atoms with Gasteiger partial charge in [0.05, 0.1) is 7.11 Å². The van der Waals surface area contributed by atoms with Crippen LogP contribution in [0.3, 0.4) is 0 Å². The van der Waals surface area contributed by atoms with Crippen molar-refractivity contribution in [3.63, 3.8) is 0 Å². The minimum absolute atomic E-state index is 0.385. The Morgan fingerprint density at radius 2 is 2.33 bits per heavy atom. The van der Waals surface area contributed by atoms with Gasteiger partial charge in [-0.1, -0.05) is 5.92 Å². The van der Waals surface area contributed by atoms with E-state index in [9.17, 15) is 4.79 Å². The average Bonchev–Trinajstić information content (AvgIpc) is 1.87. The van der Waals surface area contributed by atoms with Crippen molar-refractivity contribution in [1.29, 1.82) is 0 Å². The van der Waals surface area contributed by atoms with Gasteiger partial charge in [0, 0.05) is 0 Å². The predicted molar refractivity (Wildman–Crippen MR) is 32.1 cm³/mol. The minimum atomic E-state index is -0.542. The first kappa shape index (κ1) is 7.99. The van der Waals surface area contributed by atoms with Crippen LogP contribution in [0.25, 0.3) is 0 Å². The van der Waals surface area contributed by atoms with Crippen LogP contribution in [-0.2, 0) is 9.53 Å². The molecule has 0 aromatic heterocycles. The maximum absolute atomic E-state index is 10.5. The SMILES string of the molecule is CC#CC([NH3+])C(=O)OC. The van der Waals surface area contributed by atoms with Gasteiger partial charge < -0.3 is 10.5 Å². The molecule has 0 aromatic rings. The number of ether oxygens (including phenoxy) is 1. The highest BCUT2D eigenvalue weighted by molar-refractivity contribution is 5.77. The molecule has 0 saturated carbocycles. The molecule has 0 rings (SSSR count). The maximum atomic E-state index is 10.5. The van der Waals surface area contributed by atoms with Gasteiger partial charge in [-0.15, -0.1) is 0 Å². The normalized spacial score (nSPS) is 11.0. The third-order valence-corrected chi connectivity index (χ3v) is 0.804. The first-order chi connectivity index (χ1) is 4.22. The molecule has 0 aromatic carbocycles. The van der Waals surface area contributed by atoms with Gasteiger partial charge in [-0.05, 0) is 12.8 Å². The number of quaternary nitrogens is 1. The van der Waals surface area contributed by atoms with Crippen molar-refractivity contribution in [2.24, 2.45) is 0 Å². The molecule has 0 amide bonds. The summed E-state index contributed by atoms with van der Waals surface area (Å²) in [6.45, 7) is 1.65. The van der Waals surface area contributed by atoms with Crippen molar-refractivity contribution in [2.45, 2.75) is 13.0 Å². The van der Waals surface area contributed by atoms with Crippen LogP contribution in [0.4, 0.5) is 0 Å². The molecule has 0 aliphatic heterocycles. The highest BCUT2D eigenvalue weighted by Gasteiger charge is 2.12. The van der Waals surface area contributed by atoms with E-state index in [0.29, 0.717) is 0 Å². The summed E-state index contributed by atoms with van der Waals surface area (Å²) in [5.41, 5.74) is 3.45. The van der Waals surface area contributed by atoms with Crippen LogP contribution in [0.15, 0.2) is 0 Å². The third-order valence-electron chi connectivity index (χ3n) is 0.804. The summed E-state index contributed by atoms with van der Waals surface area (Å²) >= 11 is 0. The molecule has 50 valence electrons. The van der Waals surface area contributed by atoms with Crippen molar-refractivity contribution < 1.29 is 15.3 Å². The summed E-state index contributed by atoms with van der Waals surface area (Å²) in [7, 11) is 1.32. The largest absolute Gasteiger partial charge is 0.464 e. The number of methoxy groups -OCH3 is 1. The van der Waals surface area contributed by atoms with Crippen LogP contribution in [0, 0.1) is 11.8 Å². The molecule has 3 nitrogen and oxygen atoms in total. The molecule has 3 heteroatoms. The van der Waals surface area contributed by atoms with Crippen LogP contribution in [0.5, 0.6) is 0 Å². The fraction of sp³-hybridized carbons (Fsp3) is 0.500. The number of carbonyl (C=O) groups is 1. The van der Waals surface area contributed by atoms with Gasteiger partial charge in [0.1, 0.15) is 0 Å². The first-order valence-corrected chi connectivity index (χ1v) is 2.55.